The molecule has 0 unspecified atom stereocenters. The number of carbonyl (C=O) groups excluding carboxylic acids is 1. The number of nitrogens with zero attached hydrogens (tertiary/aromatic N) is 3. The van der Waals surface area contributed by atoms with Gasteiger partial charge in [-0.3, -0.25) is 4.79 Å². The van der Waals surface area contributed by atoms with Crippen molar-refractivity contribution in [1.29, 1.82) is 0 Å². The lowest BCUT2D eigenvalue weighted by Crippen LogP contribution is -2.38. The Morgan fingerprint density at radius 3 is 2.60 bits per heavy atom. The number of likely N-dealkylation sites (tertiary alicyclic amines) is 1. The van der Waals surface area contributed by atoms with Gasteiger partial charge in [-0.25, -0.2) is 0 Å². The highest BCUT2D eigenvalue weighted by Crippen LogP contribution is 2.17. The number of hydrogen-bond donors (Lipinski definition) is 0. The van der Waals surface area contributed by atoms with E-state index >= 15 is 0 Å². The molecule has 1 aliphatic heterocycles. The van der Waals surface area contributed by atoms with E-state index in [2.05, 4.69) is 17.1 Å². The van der Waals surface area contributed by atoms with Crippen LogP contribution >= 0.6 is 0 Å². The topological polar surface area (TPSA) is 59.2 Å². The third-order valence-electron chi connectivity index (χ3n) is 2.78. The molecule has 1 aromatic rings. The van der Waals surface area contributed by atoms with Gasteiger partial charge >= 0.3 is 11.8 Å². The van der Waals surface area contributed by atoms with Gasteiger partial charge < -0.3 is 9.32 Å². The summed E-state index contributed by atoms with van der Waals surface area (Å²) in [7, 11) is 0. The van der Waals surface area contributed by atoms with Crippen LogP contribution in [0.1, 0.15) is 36.3 Å². The second-order valence-corrected chi connectivity index (χ2v) is 4.10. The molecule has 0 aliphatic carbocycles. The van der Waals surface area contributed by atoms with Crippen LogP contribution in [0.15, 0.2) is 4.42 Å². The van der Waals surface area contributed by atoms with Crippen LogP contribution in [0.3, 0.4) is 0 Å². The van der Waals surface area contributed by atoms with Gasteiger partial charge in [0, 0.05) is 20.0 Å². The molecule has 1 fully saturated rings. The summed E-state index contributed by atoms with van der Waals surface area (Å²) in [4.78, 5) is 13.6. The minimum atomic E-state index is -0.137. The van der Waals surface area contributed by atoms with Gasteiger partial charge in [-0.2, -0.15) is 0 Å². The molecule has 1 amide bonds. The largest absolute Gasteiger partial charge is 0.417 e. The zero-order valence-corrected chi connectivity index (χ0v) is 9.06. The van der Waals surface area contributed by atoms with E-state index in [9.17, 15) is 4.79 Å². The van der Waals surface area contributed by atoms with Crippen LogP contribution in [0.4, 0.5) is 0 Å². The number of amides is 1. The van der Waals surface area contributed by atoms with Gasteiger partial charge in [-0.05, 0) is 18.8 Å². The highest BCUT2D eigenvalue weighted by Gasteiger charge is 2.24. The van der Waals surface area contributed by atoms with Crippen LogP contribution in [-0.4, -0.2) is 34.1 Å². The number of aromatic nitrogens is 2. The molecular weight excluding hydrogens is 194 g/mol. The van der Waals surface area contributed by atoms with Crippen molar-refractivity contribution in [2.75, 3.05) is 13.1 Å². The van der Waals surface area contributed by atoms with Crippen molar-refractivity contribution in [3.63, 3.8) is 0 Å². The molecule has 0 N–H and O–H groups in total. The van der Waals surface area contributed by atoms with Crippen LogP contribution < -0.4 is 0 Å². The molecule has 0 bridgehead atoms. The second kappa shape index (κ2) is 4.00. The third-order valence-corrected chi connectivity index (χ3v) is 2.78. The molecule has 1 aromatic heterocycles. The Kier molecular flexibility index (Phi) is 2.70. The zero-order valence-electron chi connectivity index (χ0n) is 9.06. The molecule has 0 radical (unpaired) electrons. The molecule has 0 atom stereocenters. The molecule has 2 heterocycles. The second-order valence-electron chi connectivity index (χ2n) is 4.10. The van der Waals surface area contributed by atoms with Crippen molar-refractivity contribution in [3.8, 4) is 0 Å². The van der Waals surface area contributed by atoms with Gasteiger partial charge in [0.15, 0.2) is 0 Å². The van der Waals surface area contributed by atoms with E-state index in [1.165, 1.54) is 0 Å². The van der Waals surface area contributed by atoms with Gasteiger partial charge in [0.05, 0.1) is 0 Å². The molecule has 1 saturated heterocycles. The van der Waals surface area contributed by atoms with Crippen LogP contribution in [0.2, 0.25) is 0 Å². The Bertz CT molecular complexity index is 353. The molecule has 0 aromatic carbocycles. The van der Waals surface area contributed by atoms with Crippen molar-refractivity contribution in [1.82, 2.24) is 15.1 Å². The molecule has 15 heavy (non-hydrogen) atoms. The maximum absolute atomic E-state index is 11.8. The van der Waals surface area contributed by atoms with Gasteiger partial charge in [-0.1, -0.05) is 6.92 Å². The van der Waals surface area contributed by atoms with E-state index in [1.807, 2.05) is 0 Å². The Labute approximate surface area is 88.5 Å². The molecular formula is C10H15N3O2. The normalized spacial score (nSPS) is 18.1. The number of piperidine rings is 1. The average molecular weight is 209 g/mol. The predicted molar refractivity (Wildman–Crippen MR) is 53.3 cm³/mol. The van der Waals surface area contributed by atoms with E-state index in [1.54, 1.807) is 11.8 Å². The van der Waals surface area contributed by atoms with Crippen molar-refractivity contribution in [2.45, 2.75) is 26.7 Å². The van der Waals surface area contributed by atoms with Crippen molar-refractivity contribution in [3.05, 3.63) is 11.8 Å². The Morgan fingerprint density at radius 2 is 2.07 bits per heavy atom. The van der Waals surface area contributed by atoms with E-state index < -0.39 is 0 Å². The summed E-state index contributed by atoms with van der Waals surface area (Å²) < 4.78 is 5.11. The molecule has 5 heteroatoms. The molecule has 82 valence electrons. The highest BCUT2D eigenvalue weighted by atomic mass is 16.4. The molecule has 0 spiro atoms. The van der Waals surface area contributed by atoms with Crippen LogP contribution in [0.25, 0.3) is 0 Å². The molecule has 1 aliphatic rings. The summed E-state index contributed by atoms with van der Waals surface area (Å²) in [6.45, 7) is 5.48. The Morgan fingerprint density at radius 1 is 1.40 bits per heavy atom. The predicted octanol–water partition coefficient (Wildman–Crippen LogP) is 1.25. The van der Waals surface area contributed by atoms with Gasteiger partial charge in [0.2, 0.25) is 5.89 Å². The van der Waals surface area contributed by atoms with Crippen LogP contribution in [-0.2, 0) is 0 Å². The van der Waals surface area contributed by atoms with Gasteiger partial charge in [0.25, 0.3) is 0 Å². The molecule has 0 saturated carbocycles. The number of rotatable bonds is 1. The maximum atomic E-state index is 11.8. The average Bonchev–Trinajstić information content (AvgIpc) is 2.65. The van der Waals surface area contributed by atoms with Gasteiger partial charge in [0.1, 0.15) is 0 Å². The summed E-state index contributed by atoms with van der Waals surface area (Å²) in [5.41, 5.74) is 0. The quantitative estimate of drug-likeness (QED) is 0.698. The molecule has 5 nitrogen and oxygen atoms in total. The fourth-order valence-corrected chi connectivity index (χ4v) is 1.73. The summed E-state index contributed by atoms with van der Waals surface area (Å²) in [5.74, 6) is 1.12. The Hall–Kier alpha value is -1.39. The lowest BCUT2D eigenvalue weighted by atomic mass is 9.99. The van der Waals surface area contributed by atoms with Crippen molar-refractivity contribution < 1.29 is 9.21 Å². The first-order chi connectivity index (χ1) is 7.16. The highest BCUT2D eigenvalue weighted by molar-refractivity contribution is 5.89. The standard InChI is InChI=1S/C10H15N3O2/c1-7-3-5-13(6-4-7)10(14)9-12-11-8(2)15-9/h7H,3-6H2,1-2H3. The third kappa shape index (κ3) is 2.16. The fraction of sp³-hybridized carbons (Fsp3) is 0.700. The summed E-state index contributed by atoms with van der Waals surface area (Å²) in [6, 6.07) is 0. The van der Waals surface area contributed by atoms with Gasteiger partial charge in [-0.15, -0.1) is 10.2 Å². The Balaban J connectivity index is 2.02. The minimum Gasteiger partial charge on any atom is -0.417 e. The van der Waals surface area contributed by atoms with Crippen LogP contribution in [0, 0.1) is 12.8 Å². The number of carbonyl (C=O) groups is 1. The van der Waals surface area contributed by atoms with E-state index in [0.717, 1.165) is 25.9 Å². The van der Waals surface area contributed by atoms with Crippen molar-refractivity contribution in [2.24, 2.45) is 5.92 Å². The minimum absolute atomic E-state index is 0.113. The monoisotopic (exact) mass is 209 g/mol. The van der Waals surface area contributed by atoms with Crippen molar-refractivity contribution >= 4 is 5.91 Å². The first kappa shape index (κ1) is 10.1. The first-order valence-corrected chi connectivity index (χ1v) is 5.26. The van der Waals surface area contributed by atoms with E-state index in [4.69, 9.17) is 4.42 Å². The summed E-state index contributed by atoms with van der Waals surface area (Å²) >= 11 is 0. The van der Waals surface area contributed by atoms with E-state index in [0.29, 0.717) is 11.8 Å². The zero-order chi connectivity index (χ0) is 10.8. The fourth-order valence-electron chi connectivity index (χ4n) is 1.73. The van der Waals surface area contributed by atoms with E-state index in [-0.39, 0.29) is 11.8 Å². The SMILES string of the molecule is Cc1nnc(C(=O)N2CCC(C)CC2)o1. The number of hydrogen-bond acceptors (Lipinski definition) is 4. The molecule has 2 rings (SSSR count). The first-order valence-electron chi connectivity index (χ1n) is 5.26. The lowest BCUT2D eigenvalue weighted by Gasteiger charge is -2.29. The maximum Gasteiger partial charge on any atom is 0.311 e. The lowest BCUT2D eigenvalue weighted by molar-refractivity contribution is 0.0655. The summed E-state index contributed by atoms with van der Waals surface area (Å²) in [6.07, 6.45) is 2.11. The number of aryl methyl sites for hydroxylation is 1. The summed E-state index contributed by atoms with van der Waals surface area (Å²) in [5, 5.41) is 7.39. The smallest absolute Gasteiger partial charge is 0.311 e. The van der Waals surface area contributed by atoms with Crippen LogP contribution in [0.5, 0.6) is 0 Å².